The van der Waals surface area contributed by atoms with Crippen LogP contribution in [0.15, 0.2) is 58.4 Å². The van der Waals surface area contributed by atoms with E-state index >= 15 is 4.39 Å². The Morgan fingerprint density at radius 3 is 2.34 bits per heavy atom. The molecule has 1 aliphatic rings. The molecule has 1 N–H and O–H groups in total. The number of fused-ring (bicyclic) bond motifs is 1. The number of aromatic nitrogens is 3. The van der Waals surface area contributed by atoms with E-state index in [1.54, 1.807) is 0 Å². The van der Waals surface area contributed by atoms with Crippen LogP contribution in [0.5, 0.6) is 5.75 Å². The van der Waals surface area contributed by atoms with Gasteiger partial charge in [-0.1, -0.05) is 33.8 Å². The number of hydrogen-bond acceptors (Lipinski definition) is 9. The van der Waals surface area contributed by atoms with Crippen molar-refractivity contribution in [3.05, 3.63) is 92.1 Å². The van der Waals surface area contributed by atoms with Crippen molar-refractivity contribution in [1.29, 1.82) is 0 Å². The lowest BCUT2D eigenvalue weighted by Crippen LogP contribution is -2.54. The summed E-state index contributed by atoms with van der Waals surface area (Å²) in [7, 11) is 1.37. The molecule has 306 valence electrons. The fourth-order valence-electron chi connectivity index (χ4n) is 6.07. The fourth-order valence-corrected chi connectivity index (χ4v) is 6.07. The smallest absolute Gasteiger partial charge is 0.394 e. The van der Waals surface area contributed by atoms with Gasteiger partial charge in [-0.15, -0.1) is 0 Å². The predicted octanol–water partition coefficient (Wildman–Crippen LogP) is 6.34. The molecule has 1 aliphatic heterocycles. The molecule has 0 bridgehead atoms. The molecule has 1 fully saturated rings. The molecule has 4 aromatic rings. The van der Waals surface area contributed by atoms with E-state index in [9.17, 15) is 36.7 Å². The summed E-state index contributed by atoms with van der Waals surface area (Å²) in [6.07, 6.45) is -1.53. The molecule has 1 amide bonds. The maximum Gasteiger partial charge on any atom is 0.394 e. The molecule has 0 saturated carbocycles. The van der Waals surface area contributed by atoms with Crippen molar-refractivity contribution in [2.75, 3.05) is 31.3 Å². The van der Waals surface area contributed by atoms with E-state index in [1.807, 2.05) is 27.7 Å². The first-order valence-electron chi connectivity index (χ1n) is 18.2. The minimum Gasteiger partial charge on any atom is -0.464 e. The van der Waals surface area contributed by atoms with Gasteiger partial charge in [-0.3, -0.25) is 19.1 Å². The first-order valence-corrected chi connectivity index (χ1v) is 18.2. The van der Waals surface area contributed by atoms with E-state index < -0.39 is 64.4 Å². The molecule has 56 heavy (non-hydrogen) atoms. The lowest BCUT2D eigenvalue weighted by atomic mass is 10.0. The summed E-state index contributed by atoms with van der Waals surface area (Å²) in [5.74, 6) is -6.78. The number of aryl methyl sites for hydroxylation is 2. The van der Waals surface area contributed by atoms with Gasteiger partial charge in [0.05, 0.1) is 48.2 Å². The molecule has 0 spiro atoms. The van der Waals surface area contributed by atoms with E-state index in [0.29, 0.717) is 11.5 Å². The number of rotatable bonds is 11. The largest absolute Gasteiger partial charge is 0.464 e. The summed E-state index contributed by atoms with van der Waals surface area (Å²) in [4.78, 5) is 58.5. The molecule has 5 rings (SSSR count). The van der Waals surface area contributed by atoms with Gasteiger partial charge in [-0.2, -0.15) is 8.78 Å². The maximum absolute atomic E-state index is 15.6. The number of halogens is 5. The minimum absolute atomic E-state index is 0.0550. The highest BCUT2D eigenvalue weighted by Crippen LogP contribution is 2.33. The van der Waals surface area contributed by atoms with E-state index in [0.717, 1.165) is 23.6 Å². The van der Waals surface area contributed by atoms with Crippen LogP contribution in [0.25, 0.3) is 16.6 Å². The number of carbonyl (C=O) groups is 2. The lowest BCUT2D eigenvalue weighted by Gasteiger charge is -2.40. The fraction of sp³-hybridized carbons (Fsp3) is 0.462. The second-order valence-electron chi connectivity index (χ2n) is 12.4. The van der Waals surface area contributed by atoms with Crippen LogP contribution in [0.4, 0.5) is 27.6 Å². The van der Waals surface area contributed by atoms with Gasteiger partial charge in [0.25, 0.3) is 17.4 Å². The van der Waals surface area contributed by atoms with Crippen molar-refractivity contribution in [2.24, 2.45) is 7.05 Å². The molecule has 2 aromatic heterocycles. The highest BCUT2D eigenvalue weighted by Gasteiger charge is 2.41. The third-order valence-corrected chi connectivity index (χ3v) is 8.49. The Labute approximate surface area is 321 Å². The van der Waals surface area contributed by atoms with Crippen molar-refractivity contribution in [3.63, 3.8) is 0 Å². The summed E-state index contributed by atoms with van der Waals surface area (Å²) >= 11 is 0. The topological polar surface area (TPSA) is 134 Å². The van der Waals surface area contributed by atoms with Crippen LogP contribution < -0.4 is 26.2 Å². The monoisotopic (exact) mass is 793 g/mol. The number of amides is 1. The minimum atomic E-state index is -3.78. The number of carbonyl (C=O) groups excluding carboxylic acids is 2. The Balaban J connectivity index is 0.00000204. The van der Waals surface area contributed by atoms with Gasteiger partial charge in [0, 0.05) is 45.7 Å². The Hall–Kier alpha value is -5.32. The van der Waals surface area contributed by atoms with E-state index in [2.05, 4.69) is 10.3 Å². The Kier molecular flexibility index (Phi) is 15.3. The number of pyridine rings is 1. The van der Waals surface area contributed by atoms with Crippen LogP contribution in [0.1, 0.15) is 70.0 Å². The van der Waals surface area contributed by atoms with E-state index in [1.165, 1.54) is 62.5 Å². The molecule has 2 atom stereocenters. The normalized spacial score (nSPS) is 14.8. The zero-order chi connectivity index (χ0) is 42.1. The highest BCUT2D eigenvalue weighted by atomic mass is 19.3. The molecule has 2 aromatic carbocycles. The second-order valence-corrected chi connectivity index (χ2v) is 12.4. The van der Waals surface area contributed by atoms with Crippen molar-refractivity contribution in [3.8, 4) is 11.4 Å². The molecule has 0 radical (unpaired) electrons. The van der Waals surface area contributed by atoms with Crippen molar-refractivity contribution in [1.82, 2.24) is 19.4 Å². The molecule has 12 nitrogen and oxygen atoms in total. The van der Waals surface area contributed by atoms with Gasteiger partial charge in [-0.25, -0.2) is 27.3 Å². The average Bonchev–Trinajstić information content (AvgIpc) is 3.15. The number of anilines is 1. The molecular formula is C39H48F5N5O7. The van der Waals surface area contributed by atoms with Crippen molar-refractivity contribution >= 4 is 28.5 Å². The van der Waals surface area contributed by atoms with Crippen LogP contribution in [0, 0.1) is 12.7 Å². The zero-order valence-corrected chi connectivity index (χ0v) is 32.8. The molecule has 3 heterocycles. The van der Waals surface area contributed by atoms with Gasteiger partial charge in [-0.05, 0) is 55.3 Å². The number of nitrogens with one attached hydrogen (secondary N) is 1. The molecular weight excluding hydrogens is 745 g/mol. The Bertz CT molecular complexity index is 2110. The molecule has 1 saturated heterocycles. The number of morpholine rings is 1. The SMILES string of the molecule is CC.CC.CCOC(=O)[C@H](Cc1ccc(-n2c(=O)c3ccncc3n(C)c2=O)c(OC(C)(F)F)c1)NC(=O)c1c(C)cc(N2CCOC[C@@H]2C(C)(F)F)cc1F. The van der Waals surface area contributed by atoms with Crippen molar-refractivity contribution in [2.45, 2.75) is 85.9 Å². The summed E-state index contributed by atoms with van der Waals surface area (Å²) in [5.41, 5.74) is -1.96. The highest BCUT2D eigenvalue weighted by molar-refractivity contribution is 5.98. The van der Waals surface area contributed by atoms with E-state index in [-0.39, 0.29) is 66.2 Å². The Morgan fingerprint density at radius 1 is 1.05 bits per heavy atom. The van der Waals surface area contributed by atoms with Crippen LogP contribution >= 0.6 is 0 Å². The third kappa shape index (κ3) is 10.3. The van der Waals surface area contributed by atoms with Gasteiger partial charge in [0.15, 0.2) is 5.75 Å². The Morgan fingerprint density at radius 2 is 1.73 bits per heavy atom. The number of hydrogen-bond donors (Lipinski definition) is 1. The summed E-state index contributed by atoms with van der Waals surface area (Å²) < 4.78 is 89.9. The number of esters is 1. The quantitative estimate of drug-likeness (QED) is 0.136. The zero-order valence-electron chi connectivity index (χ0n) is 32.8. The number of benzene rings is 2. The maximum atomic E-state index is 15.6. The van der Waals surface area contributed by atoms with E-state index in [4.69, 9.17) is 14.2 Å². The summed E-state index contributed by atoms with van der Waals surface area (Å²) in [6, 6.07) is 4.43. The number of ether oxygens (including phenoxy) is 3. The van der Waals surface area contributed by atoms with Crippen molar-refractivity contribution < 1.29 is 45.8 Å². The average molecular weight is 794 g/mol. The van der Waals surface area contributed by atoms with Crippen LogP contribution in [0.2, 0.25) is 0 Å². The molecule has 0 aliphatic carbocycles. The standard InChI is InChI=1S/C35H36F5N5O7.2C2H6/c1-6-51-32(48)24(42-30(46)29-19(2)13-21(16-23(29)36)44-11-12-50-18-28(44)34(3,37)38)14-20-7-8-25(27(15-20)52-35(4,39)40)45-31(47)22-9-10-41-17-26(22)43(5)33(45)49;2*1-2/h7-10,13,15-17,24,28H,6,11-12,14,18H2,1-5H3,(H,42,46);2*1-2H3/t24-,28+;;/m0../s1. The molecule has 17 heteroatoms. The van der Waals surface area contributed by atoms with Crippen LogP contribution in [0.3, 0.4) is 0 Å². The summed E-state index contributed by atoms with van der Waals surface area (Å²) in [6.45, 7) is 11.9. The second kappa shape index (κ2) is 19.0. The number of nitrogens with zero attached hydrogens (tertiary/aromatic N) is 4. The third-order valence-electron chi connectivity index (χ3n) is 8.49. The van der Waals surface area contributed by atoms with Crippen LogP contribution in [-0.4, -0.2) is 76.5 Å². The lowest BCUT2D eigenvalue weighted by molar-refractivity contribution is -0.159. The number of alkyl halides is 4. The predicted molar refractivity (Wildman–Crippen MR) is 202 cm³/mol. The van der Waals surface area contributed by atoms with Gasteiger partial charge in [0.1, 0.15) is 17.9 Å². The van der Waals surface area contributed by atoms with Crippen LogP contribution in [-0.2, 0) is 27.7 Å². The van der Waals surface area contributed by atoms with Gasteiger partial charge >= 0.3 is 17.8 Å². The van der Waals surface area contributed by atoms with Gasteiger partial charge in [0.2, 0.25) is 0 Å². The molecule has 0 unspecified atom stereocenters. The first-order chi connectivity index (χ1) is 26.4. The first kappa shape index (κ1) is 45.1. The summed E-state index contributed by atoms with van der Waals surface area (Å²) in [5, 5.41) is 2.50. The van der Waals surface area contributed by atoms with Gasteiger partial charge < -0.3 is 24.4 Å².